The van der Waals surface area contributed by atoms with E-state index in [1.54, 1.807) is 0 Å². The predicted octanol–water partition coefficient (Wildman–Crippen LogP) is 2.93. The second-order valence-corrected chi connectivity index (χ2v) is 3.53. The quantitative estimate of drug-likeness (QED) is 0.726. The van der Waals surface area contributed by atoms with Crippen LogP contribution in [0.4, 0.5) is 0 Å². The molecule has 0 fully saturated rings. The zero-order valence-corrected chi connectivity index (χ0v) is 7.79. The van der Waals surface area contributed by atoms with Gasteiger partial charge in [-0.05, 0) is 17.5 Å². The minimum atomic E-state index is 0.810. The van der Waals surface area contributed by atoms with E-state index in [0.717, 1.165) is 13.0 Å². The number of hydrogen-bond acceptors (Lipinski definition) is 1. The van der Waals surface area contributed by atoms with Crippen molar-refractivity contribution < 1.29 is 4.74 Å². The molecular formula is C12H11NO. The number of ether oxygens (including phenoxy) is 1. The van der Waals surface area contributed by atoms with Crippen molar-refractivity contribution in [2.24, 2.45) is 0 Å². The Morgan fingerprint density at radius 3 is 2.93 bits per heavy atom. The Bertz CT molecular complexity index is 463. The molecule has 70 valence electrons. The SMILES string of the molecule is C1=C(c2cc3ccccc3[nH]2)CCO1. The van der Waals surface area contributed by atoms with Gasteiger partial charge < -0.3 is 9.72 Å². The molecule has 1 aliphatic rings. The molecule has 0 saturated heterocycles. The third-order valence-electron chi connectivity index (χ3n) is 2.59. The second-order valence-electron chi connectivity index (χ2n) is 3.53. The number of fused-ring (bicyclic) bond motifs is 1. The molecular weight excluding hydrogens is 174 g/mol. The van der Waals surface area contributed by atoms with Crippen molar-refractivity contribution in [1.82, 2.24) is 4.98 Å². The van der Waals surface area contributed by atoms with Crippen molar-refractivity contribution in [3.63, 3.8) is 0 Å². The maximum atomic E-state index is 5.23. The van der Waals surface area contributed by atoms with Gasteiger partial charge >= 0.3 is 0 Å². The number of aromatic nitrogens is 1. The first kappa shape index (κ1) is 7.68. The van der Waals surface area contributed by atoms with Crippen molar-refractivity contribution in [3.05, 3.63) is 42.3 Å². The standard InChI is InChI=1S/C12H11NO/c1-2-4-11-9(3-1)7-12(13-11)10-5-6-14-8-10/h1-4,7-8,13H,5-6H2. The van der Waals surface area contributed by atoms with Gasteiger partial charge in [0, 0.05) is 23.2 Å². The fraction of sp³-hybridized carbons (Fsp3) is 0.167. The Morgan fingerprint density at radius 1 is 1.21 bits per heavy atom. The molecule has 1 N–H and O–H groups in total. The van der Waals surface area contributed by atoms with Gasteiger partial charge in [-0.15, -0.1) is 0 Å². The third kappa shape index (κ3) is 1.11. The van der Waals surface area contributed by atoms with Crippen LogP contribution in [0.2, 0.25) is 0 Å². The molecule has 0 saturated carbocycles. The van der Waals surface area contributed by atoms with Crippen molar-refractivity contribution >= 4 is 16.5 Å². The molecule has 1 aromatic heterocycles. The molecule has 0 radical (unpaired) electrons. The van der Waals surface area contributed by atoms with E-state index < -0.39 is 0 Å². The molecule has 0 aliphatic carbocycles. The summed E-state index contributed by atoms with van der Waals surface area (Å²) in [6.07, 6.45) is 2.86. The minimum absolute atomic E-state index is 0.810. The summed E-state index contributed by atoms with van der Waals surface area (Å²) in [5.41, 5.74) is 3.64. The van der Waals surface area contributed by atoms with Crippen LogP contribution in [0.5, 0.6) is 0 Å². The van der Waals surface area contributed by atoms with Gasteiger partial charge in [0.25, 0.3) is 0 Å². The lowest BCUT2D eigenvalue weighted by atomic mass is 10.1. The van der Waals surface area contributed by atoms with Gasteiger partial charge in [0.15, 0.2) is 0 Å². The van der Waals surface area contributed by atoms with E-state index >= 15 is 0 Å². The topological polar surface area (TPSA) is 25.0 Å². The van der Waals surface area contributed by atoms with Crippen LogP contribution in [-0.4, -0.2) is 11.6 Å². The molecule has 1 aromatic carbocycles. The van der Waals surface area contributed by atoms with E-state index in [4.69, 9.17) is 4.74 Å². The lowest BCUT2D eigenvalue weighted by molar-refractivity contribution is 0.281. The van der Waals surface area contributed by atoms with E-state index in [1.165, 1.54) is 22.2 Å². The highest BCUT2D eigenvalue weighted by Crippen LogP contribution is 2.25. The Kier molecular flexibility index (Phi) is 1.60. The number of benzene rings is 1. The molecule has 0 unspecified atom stereocenters. The minimum Gasteiger partial charge on any atom is -0.500 e. The zero-order chi connectivity index (χ0) is 9.38. The van der Waals surface area contributed by atoms with E-state index in [1.807, 2.05) is 12.3 Å². The molecule has 2 aromatic rings. The smallest absolute Gasteiger partial charge is 0.0915 e. The monoisotopic (exact) mass is 185 g/mol. The fourth-order valence-electron chi connectivity index (χ4n) is 1.83. The Balaban J connectivity index is 2.14. The van der Waals surface area contributed by atoms with Crippen LogP contribution in [0, 0.1) is 0 Å². The Hall–Kier alpha value is -1.70. The third-order valence-corrected chi connectivity index (χ3v) is 2.59. The van der Waals surface area contributed by atoms with Crippen LogP contribution in [0.25, 0.3) is 16.5 Å². The van der Waals surface area contributed by atoms with Gasteiger partial charge in [0.2, 0.25) is 0 Å². The maximum absolute atomic E-state index is 5.23. The van der Waals surface area contributed by atoms with Gasteiger partial charge in [-0.1, -0.05) is 18.2 Å². The zero-order valence-electron chi connectivity index (χ0n) is 7.79. The Labute approximate surface area is 82.2 Å². The number of nitrogens with one attached hydrogen (secondary N) is 1. The summed E-state index contributed by atoms with van der Waals surface area (Å²) >= 11 is 0. The predicted molar refractivity (Wildman–Crippen MR) is 56.8 cm³/mol. The summed E-state index contributed by atoms with van der Waals surface area (Å²) < 4.78 is 5.23. The summed E-state index contributed by atoms with van der Waals surface area (Å²) in [6.45, 7) is 0.810. The number of aromatic amines is 1. The largest absolute Gasteiger partial charge is 0.500 e. The highest BCUT2D eigenvalue weighted by atomic mass is 16.5. The van der Waals surface area contributed by atoms with Crippen molar-refractivity contribution in [3.8, 4) is 0 Å². The molecule has 2 nitrogen and oxygen atoms in total. The van der Waals surface area contributed by atoms with Crippen LogP contribution < -0.4 is 0 Å². The summed E-state index contributed by atoms with van der Waals surface area (Å²) in [7, 11) is 0. The molecule has 3 rings (SSSR count). The van der Waals surface area contributed by atoms with Gasteiger partial charge in [-0.3, -0.25) is 0 Å². The molecule has 0 atom stereocenters. The lowest BCUT2D eigenvalue weighted by Gasteiger charge is -1.92. The first-order valence-corrected chi connectivity index (χ1v) is 4.82. The van der Waals surface area contributed by atoms with Crippen molar-refractivity contribution in [1.29, 1.82) is 0 Å². The average Bonchev–Trinajstić information content (AvgIpc) is 2.86. The second kappa shape index (κ2) is 2.91. The number of hydrogen-bond donors (Lipinski definition) is 1. The first-order chi connectivity index (χ1) is 6.93. The molecule has 1 aliphatic heterocycles. The van der Waals surface area contributed by atoms with Crippen LogP contribution >= 0.6 is 0 Å². The summed E-state index contributed by atoms with van der Waals surface area (Å²) in [5.74, 6) is 0. The highest BCUT2D eigenvalue weighted by Gasteiger charge is 2.10. The van der Waals surface area contributed by atoms with Gasteiger partial charge in [-0.2, -0.15) is 0 Å². The fourth-order valence-corrected chi connectivity index (χ4v) is 1.83. The molecule has 2 heterocycles. The number of para-hydroxylation sites is 1. The summed E-state index contributed by atoms with van der Waals surface area (Å²) in [4.78, 5) is 3.39. The van der Waals surface area contributed by atoms with Crippen molar-refractivity contribution in [2.45, 2.75) is 6.42 Å². The molecule has 0 amide bonds. The molecule has 14 heavy (non-hydrogen) atoms. The van der Waals surface area contributed by atoms with E-state index in [0.29, 0.717) is 0 Å². The van der Waals surface area contributed by atoms with Gasteiger partial charge in [-0.25, -0.2) is 0 Å². The van der Waals surface area contributed by atoms with Crippen molar-refractivity contribution in [2.75, 3.05) is 6.61 Å². The number of H-pyrrole nitrogens is 1. The molecule has 2 heteroatoms. The average molecular weight is 185 g/mol. The van der Waals surface area contributed by atoms with Gasteiger partial charge in [0.05, 0.1) is 12.9 Å². The lowest BCUT2D eigenvalue weighted by Crippen LogP contribution is -1.80. The molecule has 0 spiro atoms. The summed E-state index contributed by atoms with van der Waals surface area (Å²) in [5, 5.41) is 1.26. The maximum Gasteiger partial charge on any atom is 0.0915 e. The Morgan fingerprint density at radius 2 is 2.14 bits per heavy atom. The highest BCUT2D eigenvalue weighted by molar-refractivity contribution is 5.84. The number of rotatable bonds is 1. The van der Waals surface area contributed by atoms with Gasteiger partial charge in [0.1, 0.15) is 0 Å². The van der Waals surface area contributed by atoms with E-state index in [9.17, 15) is 0 Å². The van der Waals surface area contributed by atoms with E-state index in [-0.39, 0.29) is 0 Å². The van der Waals surface area contributed by atoms with Crippen LogP contribution in [-0.2, 0) is 4.74 Å². The first-order valence-electron chi connectivity index (χ1n) is 4.82. The van der Waals surface area contributed by atoms with Crippen LogP contribution in [0.3, 0.4) is 0 Å². The molecule has 0 bridgehead atoms. The van der Waals surface area contributed by atoms with Crippen LogP contribution in [0.1, 0.15) is 12.1 Å². The summed E-state index contributed by atoms with van der Waals surface area (Å²) in [6, 6.07) is 10.5. The van der Waals surface area contributed by atoms with E-state index in [2.05, 4.69) is 29.2 Å². The van der Waals surface area contributed by atoms with Crippen LogP contribution in [0.15, 0.2) is 36.6 Å². The normalized spacial score (nSPS) is 15.6.